The second kappa shape index (κ2) is 7.95. The van der Waals surface area contributed by atoms with Crippen molar-refractivity contribution < 1.29 is 19.3 Å². The number of nitrogens with zero attached hydrogens (tertiary/aromatic N) is 1. The van der Waals surface area contributed by atoms with Gasteiger partial charge < -0.3 is 14.9 Å². The van der Waals surface area contributed by atoms with Crippen LogP contribution in [0.1, 0.15) is 24.0 Å². The van der Waals surface area contributed by atoms with Crippen LogP contribution in [0.4, 0.5) is 4.39 Å². The Labute approximate surface area is 147 Å². The van der Waals surface area contributed by atoms with E-state index in [1.165, 1.54) is 12.1 Å². The molecule has 3 rings (SSSR count). The van der Waals surface area contributed by atoms with Crippen LogP contribution in [0.2, 0.25) is 0 Å². The Morgan fingerprint density at radius 3 is 2.40 bits per heavy atom. The Morgan fingerprint density at radius 1 is 1.12 bits per heavy atom. The lowest BCUT2D eigenvalue weighted by Crippen LogP contribution is -2.38. The van der Waals surface area contributed by atoms with E-state index in [2.05, 4.69) is 4.90 Å². The second-order valence-corrected chi connectivity index (χ2v) is 6.40. The molecule has 2 aromatic rings. The molecular formula is C20H24FNO3. The van der Waals surface area contributed by atoms with E-state index in [4.69, 9.17) is 4.74 Å². The van der Waals surface area contributed by atoms with Crippen LogP contribution in [0.5, 0.6) is 5.75 Å². The number of benzene rings is 2. The van der Waals surface area contributed by atoms with Gasteiger partial charge in [0.15, 0.2) is 0 Å². The van der Waals surface area contributed by atoms with Crippen molar-refractivity contribution in [1.29, 1.82) is 0 Å². The SMILES string of the molecule is CCOc1ccc(CN2C[C@H](c3ccc(F)cc3)[C@@H](O)[C@H]2CO)cc1. The van der Waals surface area contributed by atoms with Crippen molar-refractivity contribution in [2.75, 3.05) is 19.8 Å². The van der Waals surface area contributed by atoms with E-state index in [1.54, 1.807) is 12.1 Å². The van der Waals surface area contributed by atoms with Crippen molar-refractivity contribution in [3.63, 3.8) is 0 Å². The Balaban J connectivity index is 1.73. The molecule has 3 atom stereocenters. The highest BCUT2D eigenvalue weighted by Gasteiger charge is 2.40. The van der Waals surface area contributed by atoms with Gasteiger partial charge in [0.1, 0.15) is 11.6 Å². The summed E-state index contributed by atoms with van der Waals surface area (Å²) in [5.74, 6) is 0.400. The molecule has 0 spiro atoms. The van der Waals surface area contributed by atoms with Crippen LogP contribution in [0.15, 0.2) is 48.5 Å². The summed E-state index contributed by atoms with van der Waals surface area (Å²) in [6.45, 7) is 3.71. The number of aliphatic hydroxyl groups excluding tert-OH is 2. The quantitative estimate of drug-likeness (QED) is 0.845. The molecule has 1 heterocycles. The van der Waals surface area contributed by atoms with Crippen LogP contribution in [0.3, 0.4) is 0 Å². The molecule has 2 aromatic carbocycles. The van der Waals surface area contributed by atoms with Crippen molar-refractivity contribution >= 4 is 0 Å². The van der Waals surface area contributed by atoms with Gasteiger partial charge in [-0.1, -0.05) is 24.3 Å². The summed E-state index contributed by atoms with van der Waals surface area (Å²) >= 11 is 0. The first kappa shape index (κ1) is 17.9. The van der Waals surface area contributed by atoms with E-state index in [9.17, 15) is 14.6 Å². The Hall–Kier alpha value is -1.95. The summed E-state index contributed by atoms with van der Waals surface area (Å²) in [7, 11) is 0. The Morgan fingerprint density at radius 2 is 1.80 bits per heavy atom. The number of aliphatic hydroxyl groups is 2. The fourth-order valence-corrected chi connectivity index (χ4v) is 3.49. The molecule has 1 saturated heterocycles. The minimum absolute atomic E-state index is 0.115. The van der Waals surface area contributed by atoms with Gasteiger partial charge in [-0.05, 0) is 42.3 Å². The molecule has 1 aliphatic heterocycles. The molecule has 1 aliphatic rings. The smallest absolute Gasteiger partial charge is 0.123 e. The molecule has 25 heavy (non-hydrogen) atoms. The summed E-state index contributed by atoms with van der Waals surface area (Å²) in [5, 5.41) is 20.3. The summed E-state index contributed by atoms with van der Waals surface area (Å²) in [4.78, 5) is 2.08. The fourth-order valence-electron chi connectivity index (χ4n) is 3.49. The molecule has 0 bridgehead atoms. The highest BCUT2D eigenvalue weighted by molar-refractivity contribution is 5.28. The number of ether oxygens (including phenoxy) is 1. The molecule has 134 valence electrons. The van der Waals surface area contributed by atoms with Gasteiger partial charge in [0.05, 0.1) is 25.4 Å². The van der Waals surface area contributed by atoms with Crippen molar-refractivity contribution in [2.24, 2.45) is 0 Å². The zero-order valence-corrected chi connectivity index (χ0v) is 14.3. The van der Waals surface area contributed by atoms with Gasteiger partial charge in [-0.15, -0.1) is 0 Å². The third-order valence-corrected chi connectivity index (χ3v) is 4.81. The van der Waals surface area contributed by atoms with Crippen LogP contribution < -0.4 is 4.74 Å². The average Bonchev–Trinajstić information content (AvgIpc) is 2.93. The van der Waals surface area contributed by atoms with Crippen molar-refractivity contribution in [3.05, 3.63) is 65.5 Å². The van der Waals surface area contributed by atoms with Gasteiger partial charge in [-0.25, -0.2) is 4.39 Å². The van der Waals surface area contributed by atoms with Crippen LogP contribution in [-0.4, -0.2) is 47.0 Å². The van der Waals surface area contributed by atoms with Crippen molar-refractivity contribution in [2.45, 2.75) is 31.5 Å². The fraction of sp³-hybridized carbons (Fsp3) is 0.400. The number of hydrogen-bond donors (Lipinski definition) is 2. The molecule has 0 aromatic heterocycles. The first-order chi connectivity index (χ1) is 12.1. The molecule has 5 heteroatoms. The Kier molecular flexibility index (Phi) is 5.68. The standard InChI is InChI=1S/C20H24FNO3/c1-2-25-17-9-3-14(4-10-17)11-22-12-18(20(24)19(22)13-23)15-5-7-16(21)8-6-15/h3-10,18-20,23-24H,2,11-13H2,1H3/t18-,19-,20-/m1/s1. The number of rotatable bonds is 6. The van der Waals surface area contributed by atoms with E-state index in [1.807, 2.05) is 31.2 Å². The van der Waals surface area contributed by atoms with Crippen LogP contribution in [0.25, 0.3) is 0 Å². The maximum atomic E-state index is 13.1. The highest BCUT2D eigenvalue weighted by atomic mass is 19.1. The van der Waals surface area contributed by atoms with Gasteiger partial charge in [0.25, 0.3) is 0 Å². The van der Waals surface area contributed by atoms with Gasteiger partial charge >= 0.3 is 0 Å². The molecule has 0 aliphatic carbocycles. The predicted octanol–water partition coefficient (Wildman–Crippen LogP) is 2.55. The third-order valence-electron chi connectivity index (χ3n) is 4.81. The topological polar surface area (TPSA) is 52.9 Å². The normalized spacial score (nSPS) is 23.8. The van der Waals surface area contributed by atoms with E-state index in [0.29, 0.717) is 19.7 Å². The molecule has 0 radical (unpaired) electrons. The largest absolute Gasteiger partial charge is 0.494 e. The molecule has 0 amide bonds. The highest BCUT2D eigenvalue weighted by Crippen LogP contribution is 2.33. The van der Waals surface area contributed by atoms with Crippen LogP contribution in [-0.2, 0) is 6.54 Å². The first-order valence-electron chi connectivity index (χ1n) is 8.62. The first-order valence-corrected chi connectivity index (χ1v) is 8.62. The number of halogens is 1. The molecule has 0 saturated carbocycles. The van der Waals surface area contributed by atoms with Gasteiger partial charge in [-0.2, -0.15) is 0 Å². The lowest BCUT2D eigenvalue weighted by molar-refractivity contribution is 0.0641. The van der Waals surface area contributed by atoms with E-state index in [-0.39, 0.29) is 24.4 Å². The van der Waals surface area contributed by atoms with Gasteiger partial charge in [-0.3, -0.25) is 4.90 Å². The molecule has 1 fully saturated rings. The molecule has 0 unspecified atom stereocenters. The van der Waals surface area contributed by atoms with E-state index in [0.717, 1.165) is 16.9 Å². The number of hydrogen-bond acceptors (Lipinski definition) is 4. The summed E-state index contributed by atoms with van der Waals surface area (Å²) in [5.41, 5.74) is 1.98. The zero-order valence-electron chi connectivity index (χ0n) is 14.3. The van der Waals surface area contributed by atoms with Gasteiger partial charge in [0.2, 0.25) is 0 Å². The lowest BCUT2D eigenvalue weighted by Gasteiger charge is -2.24. The molecular weight excluding hydrogens is 321 g/mol. The number of likely N-dealkylation sites (tertiary alicyclic amines) is 1. The molecule has 2 N–H and O–H groups in total. The van der Waals surface area contributed by atoms with Crippen LogP contribution in [0, 0.1) is 5.82 Å². The summed E-state index contributed by atoms with van der Waals surface area (Å²) in [6, 6.07) is 13.7. The maximum absolute atomic E-state index is 13.1. The zero-order chi connectivity index (χ0) is 17.8. The third kappa shape index (κ3) is 4.00. The summed E-state index contributed by atoms with van der Waals surface area (Å²) in [6.07, 6.45) is -0.682. The van der Waals surface area contributed by atoms with Crippen LogP contribution >= 0.6 is 0 Å². The Bertz CT molecular complexity index is 674. The predicted molar refractivity (Wildman–Crippen MR) is 94.0 cm³/mol. The summed E-state index contributed by atoms with van der Waals surface area (Å²) < 4.78 is 18.6. The van der Waals surface area contributed by atoms with Crippen molar-refractivity contribution in [3.8, 4) is 5.75 Å². The average molecular weight is 345 g/mol. The minimum atomic E-state index is -0.682. The molecule has 4 nitrogen and oxygen atoms in total. The van der Waals surface area contributed by atoms with E-state index >= 15 is 0 Å². The van der Waals surface area contributed by atoms with E-state index < -0.39 is 6.10 Å². The maximum Gasteiger partial charge on any atom is 0.123 e. The lowest BCUT2D eigenvalue weighted by atomic mass is 9.94. The minimum Gasteiger partial charge on any atom is -0.494 e. The van der Waals surface area contributed by atoms with Gasteiger partial charge in [0, 0.05) is 19.0 Å². The second-order valence-electron chi connectivity index (χ2n) is 6.40. The monoisotopic (exact) mass is 345 g/mol. The van der Waals surface area contributed by atoms with Crippen molar-refractivity contribution in [1.82, 2.24) is 4.90 Å².